The van der Waals surface area contributed by atoms with Gasteiger partial charge in [-0.1, -0.05) is 61.5 Å². The summed E-state index contributed by atoms with van der Waals surface area (Å²) in [5, 5.41) is 13.2. The van der Waals surface area contributed by atoms with E-state index in [1.807, 2.05) is 62.6 Å². The van der Waals surface area contributed by atoms with E-state index in [0.717, 1.165) is 35.5 Å². The molecule has 0 bridgehead atoms. The lowest BCUT2D eigenvalue weighted by Crippen LogP contribution is -2.31. The first kappa shape index (κ1) is 26.6. The molecular weight excluding hydrogens is 427 g/mol. The number of nitrogens with one attached hydrogen (secondary N) is 2. The van der Waals surface area contributed by atoms with E-state index >= 15 is 0 Å². The molecule has 0 saturated heterocycles. The normalized spacial score (nSPS) is 13.8. The second-order valence-electron chi connectivity index (χ2n) is 7.40. The lowest BCUT2D eigenvalue weighted by Gasteiger charge is -2.35. The Morgan fingerprint density at radius 3 is 2.23 bits per heavy atom. The molecule has 0 amide bonds. The van der Waals surface area contributed by atoms with Gasteiger partial charge in [-0.15, -0.1) is 0 Å². The third kappa shape index (κ3) is 7.97. The molecule has 0 spiro atoms. The van der Waals surface area contributed by atoms with Gasteiger partial charge in [0.25, 0.3) is 0 Å². The molecular formula is C25H34Cl2N4. The van der Waals surface area contributed by atoms with Crippen molar-refractivity contribution in [3.63, 3.8) is 0 Å². The standard InChI is InChI=1S/C25H34Cl2N4/c1-8-15-29-23(10-3)24(18(4)28)25(19-11-13-21(27)14-12-19)31(7)22(17-30(5)6)16-20(26)9-2/h9-14,16-17,25,28-29H,2-3,8,15H2,1,4-7H3/b20-16+,22-17+,24-23+,28-18?. The number of nitrogens with zero attached hydrogens (tertiary/aromatic N) is 2. The second kappa shape index (κ2) is 13.1. The molecule has 0 heterocycles. The number of rotatable bonds is 12. The quantitative estimate of drug-likeness (QED) is 0.276. The minimum Gasteiger partial charge on any atom is -0.385 e. The number of hydrogen-bond acceptors (Lipinski definition) is 4. The van der Waals surface area contributed by atoms with Gasteiger partial charge in [-0.05, 0) is 43.2 Å². The van der Waals surface area contributed by atoms with Crippen LogP contribution in [0.4, 0.5) is 0 Å². The molecule has 4 nitrogen and oxygen atoms in total. The first-order valence-electron chi connectivity index (χ1n) is 10.2. The molecule has 0 aromatic heterocycles. The van der Waals surface area contributed by atoms with Gasteiger partial charge in [0.15, 0.2) is 0 Å². The summed E-state index contributed by atoms with van der Waals surface area (Å²) in [4.78, 5) is 4.05. The van der Waals surface area contributed by atoms with Crippen LogP contribution in [0.2, 0.25) is 5.02 Å². The van der Waals surface area contributed by atoms with Crippen molar-refractivity contribution in [1.82, 2.24) is 15.1 Å². The average Bonchev–Trinajstić information content (AvgIpc) is 2.72. The molecule has 31 heavy (non-hydrogen) atoms. The summed E-state index contributed by atoms with van der Waals surface area (Å²) in [5.41, 5.74) is 3.99. The van der Waals surface area contributed by atoms with Gasteiger partial charge in [-0.2, -0.15) is 0 Å². The number of benzene rings is 1. The van der Waals surface area contributed by atoms with E-state index in [9.17, 15) is 0 Å². The number of hydrogen-bond donors (Lipinski definition) is 2. The predicted octanol–water partition coefficient (Wildman–Crippen LogP) is 6.50. The monoisotopic (exact) mass is 460 g/mol. The number of likely N-dealkylation sites (N-methyl/N-ethyl adjacent to an activating group) is 1. The Morgan fingerprint density at radius 2 is 1.77 bits per heavy atom. The van der Waals surface area contributed by atoms with Gasteiger partial charge >= 0.3 is 0 Å². The van der Waals surface area contributed by atoms with Crippen LogP contribution in [0.25, 0.3) is 0 Å². The topological polar surface area (TPSA) is 42.4 Å². The zero-order valence-electron chi connectivity index (χ0n) is 19.2. The third-order valence-corrected chi connectivity index (χ3v) is 5.10. The highest BCUT2D eigenvalue weighted by molar-refractivity contribution is 6.31. The fraction of sp³-hybridized carbons (Fsp3) is 0.320. The van der Waals surface area contributed by atoms with Crippen LogP contribution in [0.5, 0.6) is 0 Å². The number of halogens is 2. The molecule has 0 aliphatic rings. The summed E-state index contributed by atoms with van der Waals surface area (Å²) in [6.07, 6.45) is 8.20. The van der Waals surface area contributed by atoms with Crippen molar-refractivity contribution in [2.24, 2.45) is 0 Å². The second-order valence-corrected chi connectivity index (χ2v) is 8.27. The van der Waals surface area contributed by atoms with E-state index in [4.69, 9.17) is 28.6 Å². The van der Waals surface area contributed by atoms with Crippen LogP contribution in [0.15, 0.2) is 83.9 Å². The first-order valence-corrected chi connectivity index (χ1v) is 10.9. The predicted molar refractivity (Wildman–Crippen MR) is 137 cm³/mol. The SMILES string of the molecule is C=C/C(NCCC)=C(/C(C)=N)C(c1ccc(Cl)cc1)N(C)C(/C=C(/Cl)C=C)=C/N(C)C. The summed E-state index contributed by atoms with van der Waals surface area (Å²) >= 11 is 12.5. The van der Waals surface area contributed by atoms with Gasteiger partial charge in [-0.25, -0.2) is 0 Å². The molecule has 168 valence electrons. The Bertz CT molecular complexity index is 864. The average molecular weight is 461 g/mol. The molecule has 6 heteroatoms. The Hall–Kier alpha value is -2.43. The van der Waals surface area contributed by atoms with E-state index in [1.165, 1.54) is 0 Å². The molecule has 0 radical (unpaired) electrons. The zero-order chi connectivity index (χ0) is 23.6. The summed E-state index contributed by atoms with van der Waals surface area (Å²) in [6, 6.07) is 7.43. The largest absolute Gasteiger partial charge is 0.385 e. The van der Waals surface area contributed by atoms with E-state index in [0.29, 0.717) is 15.8 Å². The van der Waals surface area contributed by atoms with Crippen LogP contribution >= 0.6 is 23.2 Å². The molecule has 2 N–H and O–H groups in total. The van der Waals surface area contributed by atoms with Gasteiger partial charge < -0.3 is 20.5 Å². The number of allylic oxidation sites excluding steroid dienone is 4. The van der Waals surface area contributed by atoms with E-state index in [-0.39, 0.29) is 6.04 Å². The van der Waals surface area contributed by atoms with Crippen LogP contribution in [-0.4, -0.2) is 43.2 Å². The summed E-state index contributed by atoms with van der Waals surface area (Å²) in [5.74, 6) is 0. The maximum Gasteiger partial charge on any atom is 0.0830 e. The van der Waals surface area contributed by atoms with Crippen molar-refractivity contribution in [1.29, 1.82) is 5.41 Å². The van der Waals surface area contributed by atoms with Gasteiger partial charge in [0.2, 0.25) is 0 Å². The van der Waals surface area contributed by atoms with Crippen LogP contribution in [0.3, 0.4) is 0 Å². The molecule has 1 aromatic carbocycles. The van der Waals surface area contributed by atoms with Crippen molar-refractivity contribution in [3.05, 3.63) is 94.4 Å². The van der Waals surface area contributed by atoms with Crippen molar-refractivity contribution in [2.45, 2.75) is 26.3 Å². The first-order chi connectivity index (χ1) is 14.7. The smallest absolute Gasteiger partial charge is 0.0830 e. The fourth-order valence-corrected chi connectivity index (χ4v) is 3.40. The van der Waals surface area contributed by atoms with Crippen molar-refractivity contribution < 1.29 is 0 Å². The molecule has 1 unspecified atom stereocenters. The maximum absolute atomic E-state index is 8.61. The minimum absolute atomic E-state index is 0.274. The fourth-order valence-electron chi connectivity index (χ4n) is 3.16. The Morgan fingerprint density at radius 1 is 1.16 bits per heavy atom. The lowest BCUT2D eigenvalue weighted by atomic mass is 9.91. The molecule has 0 fully saturated rings. The maximum atomic E-state index is 8.61. The van der Waals surface area contributed by atoms with Crippen molar-refractivity contribution in [2.75, 3.05) is 27.7 Å². The Kier molecular flexibility index (Phi) is 11.2. The highest BCUT2D eigenvalue weighted by atomic mass is 35.5. The van der Waals surface area contributed by atoms with Gasteiger partial charge in [0, 0.05) is 60.9 Å². The molecule has 0 saturated carbocycles. The summed E-state index contributed by atoms with van der Waals surface area (Å²) < 4.78 is 0. The van der Waals surface area contributed by atoms with E-state index < -0.39 is 0 Å². The third-order valence-electron chi connectivity index (χ3n) is 4.59. The van der Waals surface area contributed by atoms with Crippen molar-refractivity contribution >= 4 is 28.9 Å². The Labute approximate surface area is 197 Å². The minimum atomic E-state index is -0.274. The van der Waals surface area contributed by atoms with Gasteiger partial charge in [0.1, 0.15) is 0 Å². The Balaban J connectivity index is 3.81. The lowest BCUT2D eigenvalue weighted by molar-refractivity contribution is 0.352. The van der Waals surface area contributed by atoms with E-state index in [2.05, 4.69) is 30.3 Å². The van der Waals surface area contributed by atoms with Crippen molar-refractivity contribution in [3.8, 4) is 0 Å². The van der Waals surface area contributed by atoms with Crippen LogP contribution in [0.1, 0.15) is 31.9 Å². The van der Waals surface area contributed by atoms with Crippen LogP contribution < -0.4 is 5.32 Å². The van der Waals surface area contributed by atoms with E-state index in [1.54, 1.807) is 19.1 Å². The highest BCUT2D eigenvalue weighted by Gasteiger charge is 2.27. The zero-order valence-corrected chi connectivity index (χ0v) is 20.7. The molecule has 0 aliphatic heterocycles. The molecule has 1 atom stereocenters. The highest BCUT2D eigenvalue weighted by Crippen LogP contribution is 2.34. The van der Waals surface area contributed by atoms with Crippen LogP contribution in [0, 0.1) is 5.41 Å². The molecule has 1 rings (SSSR count). The molecule has 1 aromatic rings. The summed E-state index contributed by atoms with van der Waals surface area (Å²) in [6.45, 7) is 12.4. The van der Waals surface area contributed by atoms with Crippen LogP contribution in [-0.2, 0) is 0 Å². The van der Waals surface area contributed by atoms with Gasteiger partial charge in [-0.3, -0.25) is 0 Å². The van der Waals surface area contributed by atoms with Gasteiger partial charge in [0.05, 0.1) is 11.7 Å². The summed E-state index contributed by atoms with van der Waals surface area (Å²) in [7, 11) is 5.90. The molecule has 0 aliphatic carbocycles.